The molecular formula is C16H11Cl2N3OS. The van der Waals surface area contributed by atoms with Crippen LogP contribution in [0, 0.1) is 0 Å². The minimum Gasteiger partial charge on any atom is -0.296 e. The molecule has 0 saturated heterocycles. The van der Waals surface area contributed by atoms with E-state index in [9.17, 15) is 4.79 Å². The van der Waals surface area contributed by atoms with Crippen LogP contribution in [0.5, 0.6) is 0 Å². The van der Waals surface area contributed by atoms with E-state index in [1.807, 2.05) is 24.3 Å². The number of benzene rings is 1. The number of nitrogens with one attached hydrogen (secondary N) is 1. The lowest BCUT2D eigenvalue weighted by atomic mass is 10.1. The largest absolute Gasteiger partial charge is 0.296 e. The zero-order valence-corrected chi connectivity index (χ0v) is 14.1. The number of anilines is 1. The highest BCUT2D eigenvalue weighted by molar-refractivity contribution is 7.15. The third-order valence-corrected chi connectivity index (χ3v) is 4.42. The summed E-state index contributed by atoms with van der Waals surface area (Å²) in [6, 6.07) is 10.8. The van der Waals surface area contributed by atoms with Crippen molar-refractivity contribution in [2.45, 2.75) is 6.42 Å². The molecule has 0 atom stereocenters. The van der Waals surface area contributed by atoms with E-state index in [0.717, 1.165) is 16.9 Å². The monoisotopic (exact) mass is 363 g/mol. The fourth-order valence-electron chi connectivity index (χ4n) is 1.94. The quantitative estimate of drug-likeness (QED) is 0.731. The summed E-state index contributed by atoms with van der Waals surface area (Å²) in [5.74, 6) is -0.333. The van der Waals surface area contributed by atoms with Crippen LogP contribution in [-0.2, 0) is 6.42 Å². The predicted octanol–water partition coefficient (Wildman–Crippen LogP) is 4.69. The first-order valence-electron chi connectivity index (χ1n) is 6.72. The van der Waals surface area contributed by atoms with E-state index in [1.54, 1.807) is 12.3 Å². The molecule has 1 aromatic carbocycles. The highest BCUT2D eigenvalue weighted by atomic mass is 35.5. The lowest BCUT2D eigenvalue weighted by Crippen LogP contribution is -2.13. The number of rotatable bonds is 4. The summed E-state index contributed by atoms with van der Waals surface area (Å²) in [6.07, 6.45) is 3.98. The summed E-state index contributed by atoms with van der Waals surface area (Å²) in [5.41, 5.74) is 1.39. The second-order valence-corrected chi connectivity index (χ2v) is 6.74. The van der Waals surface area contributed by atoms with Crippen LogP contribution < -0.4 is 5.32 Å². The van der Waals surface area contributed by atoms with Crippen LogP contribution >= 0.6 is 34.5 Å². The van der Waals surface area contributed by atoms with Crippen LogP contribution in [0.1, 0.15) is 20.9 Å². The molecule has 0 aliphatic rings. The molecule has 1 amide bonds. The summed E-state index contributed by atoms with van der Waals surface area (Å²) < 4.78 is 0. The molecule has 0 fully saturated rings. The van der Waals surface area contributed by atoms with Crippen molar-refractivity contribution in [3.05, 3.63) is 75.0 Å². The van der Waals surface area contributed by atoms with Gasteiger partial charge in [0.1, 0.15) is 5.69 Å². The van der Waals surface area contributed by atoms with E-state index in [1.165, 1.54) is 23.6 Å². The zero-order chi connectivity index (χ0) is 16.2. The topological polar surface area (TPSA) is 54.9 Å². The molecule has 0 saturated carbocycles. The number of amides is 1. The van der Waals surface area contributed by atoms with Crippen molar-refractivity contribution in [1.82, 2.24) is 9.97 Å². The molecule has 3 aromatic rings. The lowest BCUT2D eigenvalue weighted by molar-refractivity contribution is 0.102. The normalized spacial score (nSPS) is 10.5. The van der Waals surface area contributed by atoms with Gasteiger partial charge >= 0.3 is 0 Å². The van der Waals surface area contributed by atoms with Gasteiger partial charge in [-0.2, -0.15) is 0 Å². The van der Waals surface area contributed by atoms with Gasteiger partial charge in [0.05, 0.1) is 0 Å². The first-order chi connectivity index (χ1) is 11.1. The van der Waals surface area contributed by atoms with Gasteiger partial charge in [-0.1, -0.05) is 35.3 Å². The van der Waals surface area contributed by atoms with Gasteiger partial charge in [-0.05, 0) is 29.8 Å². The van der Waals surface area contributed by atoms with E-state index in [-0.39, 0.29) is 11.6 Å². The Morgan fingerprint density at radius 1 is 1.09 bits per heavy atom. The summed E-state index contributed by atoms with van der Waals surface area (Å²) in [5, 5.41) is 4.43. The van der Waals surface area contributed by atoms with E-state index < -0.39 is 0 Å². The van der Waals surface area contributed by atoms with E-state index >= 15 is 0 Å². The van der Waals surface area contributed by atoms with Gasteiger partial charge in [0.15, 0.2) is 5.13 Å². The van der Waals surface area contributed by atoms with Gasteiger partial charge in [0, 0.05) is 33.7 Å². The standard InChI is InChI=1S/C16H11Cl2N3OS/c17-11-3-1-10(2-4-11)7-13-9-20-16(23-13)21-15(22)14-8-12(18)5-6-19-14/h1-6,8-9H,7H2,(H,20,21,22). The van der Waals surface area contributed by atoms with Gasteiger partial charge in [-0.25, -0.2) is 4.98 Å². The molecule has 7 heteroatoms. The first kappa shape index (κ1) is 15.9. The predicted molar refractivity (Wildman–Crippen MR) is 93.6 cm³/mol. The Morgan fingerprint density at radius 3 is 2.61 bits per heavy atom. The highest BCUT2D eigenvalue weighted by Gasteiger charge is 2.11. The molecule has 0 aliphatic carbocycles. The van der Waals surface area contributed by atoms with Gasteiger partial charge in [0.25, 0.3) is 5.91 Å². The van der Waals surface area contributed by atoms with Crippen molar-refractivity contribution in [3.8, 4) is 0 Å². The maximum absolute atomic E-state index is 12.1. The van der Waals surface area contributed by atoms with Gasteiger partial charge in [-0.3, -0.25) is 15.1 Å². The number of thiazole rings is 1. The molecule has 2 heterocycles. The molecule has 0 spiro atoms. The van der Waals surface area contributed by atoms with Crippen LogP contribution in [0.3, 0.4) is 0 Å². The van der Waals surface area contributed by atoms with E-state index in [2.05, 4.69) is 15.3 Å². The maximum atomic E-state index is 12.1. The zero-order valence-electron chi connectivity index (χ0n) is 11.8. The Balaban J connectivity index is 1.67. The Labute approximate surface area is 147 Å². The Bertz CT molecular complexity index is 833. The molecule has 116 valence electrons. The van der Waals surface area contributed by atoms with Crippen molar-refractivity contribution in [2.75, 3.05) is 5.32 Å². The summed E-state index contributed by atoms with van der Waals surface area (Å²) in [6.45, 7) is 0. The van der Waals surface area contributed by atoms with Crippen LogP contribution in [0.4, 0.5) is 5.13 Å². The number of carbonyl (C=O) groups is 1. The molecule has 0 aliphatic heterocycles. The Hall–Kier alpha value is -1.95. The molecule has 4 nitrogen and oxygen atoms in total. The average Bonchev–Trinajstić information content (AvgIpc) is 2.96. The Morgan fingerprint density at radius 2 is 1.87 bits per heavy atom. The van der Waals surface area contributed by atoms with Crippen molar-refractivity contribution in [1.29, 1.82) is 0 Å². The van der Waals surface area contributed by atoms with Crippen LogP contribution in [0.25, 0.3) is 0 Å². The first-order valence-corrected chi connectivity index (χ1v) is 8.29. The number of halogens is 2. The average molecular weight is 364 g/mol. The van der Waals surface area contributed by atoms with Crippen molar-refractivity contribution >= 4 is 45.6 Å². The van der Waals surface area contributed by atoms with Crippen molar-refractivity contribution < 1.29 is 4.79 Å². The van der Waals surface area contributed by atoms with Crippen molar-refractivity contribution in [3.63, 3.8) is 0 Å². The maximum Gasteiger partial charge on any atom is 0.276 e. The second kappa shape index (κ2) is 7.08. The third kappa shape index (κ3) is 4.28. The van der Waals surface area contributed by atoms with Crippen LogP contribution in [-0.4, -0.2) is 15.9 Å². The number of pyridine rings is 1. The summed E-state index contributed by atoms with van der Waals surface area (Å²) in [4.78, 5) is 21.3. The number of nitrogens with zero attached hydrogens (tertiary/aromatic N) is 2. The van der Waals surface area contributed by atoms with Gasteiger partial charge in [-0.15, -0.1) is 11.3 Å². The van der Waals surface area contributed by atoms with Crippen molar-refractivity contribution in [2.24, 2.45) is 0 Å². The molecule has 1 N–H and O–H groups in total. The smallest absolute Gasteiger partial charge is 0.276 e. The SMILES string of the molecule is O=C(Nc1ncc(Cc2ccc(Cl)cc2)s1)c1cc(Cl)ccn1. The highest BCUT2D eigenvalue weighted by Crippen LogP contribution is 2.22. The molecule has 23 heavy (non-hydrogen) atoms. The number of carbonyl (C=O) groups excluding carboxylic acids is 1. The minimum absolute atomic E-state index is 0.256. The number of hydrogen-bond donors (Lipinski definition) is 1. The van der Waals surface area contributed by atoms with E-state index in [4.69, 9.17) is 23.2 Å². The van der Waals surface area contributed by atoms with Gasteiger partial charge in [0.2, 0.25) is 0 Å². The molecule has 0 unspecified atom stereocenters. The minimum atomic E-state index is -0.333. The van der Waals surface area contributed by atoms with Crippen LogP contribution in [0.15, 0.2) is 48.8 Å². The molecule has 3 rings (SSSR count). The fraction of sp³-hybridized carbons (Fsp3) is 0.0625. The summed E-state index contributed by atoms with van der Waals surface area (Å²) >= 11 is 13.2. The number of hydrogen-bond acceptors (Lipinski definition) is 4. The second-order valence-electron chi connectivity index (χ2n) is 4.75. The van der Waals surface area contributed by atoms with Crippen LogP contribution in [0.2, 0.25) is 10.0 Å². The summed E-state index contributed by atoms with van der Waals surface area (Å²) in [7, 11) is 0. The number of aromatic nitrogens is 2. The fourth-order valence-corrected chi connectivity index (χ4v) is 3.07. The van der Waals surface area contributed by atoms with E-state index in [0.29, 0.717) is 15.2 Å². The molecule has 0 bridgehead atoms. The lowest BCUT2D eigenvalue weighted by Gasteiger charge is -2.01. The Kier molecular flexibility index (Phi) is 4.91. The van der Waals surface area contributed by atoms with Gasteiger partial charge < -0.3 is 0 Å². The molecule has 2 aromatic heterocycles. The molecular weight excluding hydrogens is 353 g/mol. The third-order valence-electron chi connectivity index (χ3n) is 3.02. The molecule has 0 radical (unpaired) electrons.